The minimum atomic E-state index is -0.491. The molecule has 4 rings (SSSR count). The van der Waals surface area contributed by atoms with Crippen LogP contribution in [0.15, 0.2) is 28.8 Å². The molecular formula is C21H24FN5O3S2. The van der Waals surface area contributed by atoms with Gasteiger partial charge in [-0.25, -0.2) is 14.2 Å². The summed E-state index contributed by atoms with van der Waals surface area (Å²) in [4.78, 5) is 23.0. The van der Waals surface area contributed by atoms with Crippen LogP contribution in [-0.4, -0.2) is 71.3 Å². The Hall–Kier alpha value is -2.79. The normalized spacial score (nSPS) is 18.7. The molecule has 2 aromatic rings. The van der Waals surface area contributed by atoms with Gasteiger partial charge in [0, 0.05) is 26.2 Å². The molecule has 1 aromatic carbocycles. The number of ether oxygens (including phenoxy) is 1. The van der Waals surface area contributed by atoms with Crippen LogP contribution in [0.1, 0.15) is 18.6 Å². The van der Waals surface area contributed by atoms with Gasteiger partial charge in [0.2, 0.25) is 0 Å². The summed E-state index contributed by atoms with van der Waals surface area (Å²) in [6.07, 6.45) is 0.810. The van der Waals surface area contributed by atoms with E-state index in [1.807, 2.05) is 16.7 Å². The highest BCUT2D eigenvalue weighted by atomic mass is 32.1. The van der Waals surface area contributed by atoms with Crippen molar-refractivity contribution in [2.75, 3.05) is 49.1 Å². The fourth-order valence-corrected chi connectivity index (χ4v) is 4.12. The number of hydrogen-bond donors (Lipinski definition) is 1. The molecule has 0 aliphatic carbocycles. The highest BCUT2D eigenvalue weighted by Gasteiger charge is 2.33. The maximum absolute atomic E-state index is 15.0. The van der Waals surface area contributed by atoms with Crippen molar-refractivity contribution in [2.45, 2.75) is 20.0 Å². The molecule has 0 saturated carbocycles. The number of carbonyl (C=O) groups excluding carboxylic acids is 1. The zero-order chi connectivity index (χ0) is 22.8. The van der Waals surface area contributed by atoms with Crippen LogP contribution < -0.4 is 15.1 Å². The monoisotopic (exact) mass is 477 g/mol. The van der Waals surface area contributed by atoms with Gasteiger partial charge in [0.15, 0.2) is 4.99 Å². The molecule has 2 aliphatic heterocycles. The van der Waals surface area contributed by atoms with Gasteiger partial charge in [-0.05, 0) is 32.0 Å². The van der Waals surface area contributed by atoms with Gasteiger partial charge in [-0.2, -0.15) is 0 Å². The number of halogens is 1. The molecule has 1 amide bonds. The van der Waals surface area contributed by atoms with Crippen molar-refractivity contribution in [3.63, 3.8) is 0 Å². The minimum Gasteiger partial charge on any atom is -0.442 e. The Morgan fingerprint density at radius 1 is 1.28 bits per heavy atom. The quantitative estimate of drug-likeness (QED) is 0.655. The minimum absolute atomic E-state index is 0.337. The lowest BCUT2D eigenvalue weighted by Gasteiger charge is -2.37. The standard InChI is InChI=1S/C21H24FN5O3S2/c1-13-10-24-19(29-13)20(32)26-7-5-25(6-8-26)18-4-3-15(9-17(18)22)27-12-16(30-21(27)28)11-23-14(2)31/h3-4,9-10,16H,5-8,11-12H2,1-2H3,(H,23,31)/t16-/m0/s1. The average molecular weight is 478 g/mol. The number of amides is 1. The second-order valence-corrected chi connectivity index (χ2v) is 8.74. The molecule has 2 saturated heterocycles. The number of carbonyl (C=O) groups is 1. The van der Waals surface area contributed by atoms with E-state index in [1.54, 1.807) is 25.3 Å². The molecule has 0 unspecified atom stereocenters. The van der Waals surface area contributed by atoms with E-state index in [1.165, 1.54) is 11.0 Å². The fourth-order valence-electron chi connectivity index (χ4n) is 3.76. The average Bonchev–Trinajstić information content (AvgIpc) is 3.37. The lowest BCUT2D eigenvalue weighted by molar-refractivity contribution is 0.143. The molecule has 32 heavy (non-hydrogen) atoms. The summed E-state index contributed by atoms with van der Waals surface area (Å²) in [5.74, 6) is 0.764. The van der Waals surface area contributed by atoms with Crippen molar-refractivity contribution in [1.29, 1.82) is 0 Å². The summed E-state index contributed by atoms with van der Waals surface area (Å²) < 4.78 is 25.8. The summed E-state index contributed by atoms with van der Waals surface area (Å²) in [7, 11) is 0. The molecule has 3 heterocycles. The van der Waals surface area contributed by atoms with Crippen LogP contribution in [0.3, 0.4) is 0 Å². The number of anilines is 2. The van der Waals surface area contributed by atoms with Crippen LogP contribution in [0.5, 0.6) is 0 Å². The number of rotatable bonds is 5. The van der Waals surface area contributed by atoms with Crippen LogP contribution >= 0.6 is 24.4 Å². The van der Waals surface area contributed by atoms with Crippen LogP contribution in [0.25, 0.3) is 0 Å². The second-order valence-electron chi connectivity index (χ2n) is 7.74. The van der Waals surface area contributed by atoms with Crippen LogP contribution in [0.2, 0.25) is 0 Å². The van der Waals surface area contributed by atoms with Gasteiger partial charge in [0.1, 0.15) is 17.7 Å². The third-order valence-electron chi connectivity index (χ3n) is 5.41. The first kappa shape index (κ1) is 22.4. The Kier molecular flexibility index (Phi) is 6.56. The first-order valence-electron chi connectivity index (χ1n) is 10.3. The summed E-state index contributed by atoms with van der Waals surface area (Å²) in [6.45, 7) is 6.82. The highest BCUT2D eigenvalue weighted by Crippen LogP contribution is 2.28. The number of nitrogens with one attached hydrogen (secondary N) is 1. The number of oxazole rings is 1. The van der Waals surface area contributed by atoms with Crippen molar-refractivity contribution in [1.82, 2.24) is 15.2 Å². The van der Waals surface area contributed by atoms with Crippen molar-refractivity contribution >= 4 is 51.9 Å². The van der Waals surface area contributed by atoms with Crippen molar-refractivity contribution in [2.24, 2.45) is 0 Å². The lowest BCUT2D eigenvalue weighted by atomic mass is 10.2. The summed E-state index contributed by atoms with van der Waals surface area (Å²) in [6, 6.07) is 4.83. The van der Waals surface area contributed by atoms with E-state index < -0.39 is 6.09 Å². The van der Waals surface area contributed by atoms with Gasteiger partial charge >= 0.3 is 6.09 Å². The largest absolute Gasteiger partial charge is 0.442 e. The smallest absolute Gasteiger partial charge is 0.414 e. The van der Waals surface area contributed by atoms with Crippen molar-refractivity contribution < 1.29 is 18.3 Å². The Morgan fingerprint density at radius 2 is 2.03 bits per heavy atom. The van der Waals surface area contributed by atoms with Crippen molar-refractivity contribution in [3.05, 3.63) is 41.9 Å². The van der Waals surface area contributed by atoms with Gasteiger partial charge in [-0.3, -0.25) is 4.90 Å². The third-order valence-corrected chi connectivity index (χ3v) is 5.98. The van der Waals surface area contributed by atoms with Crippen molar-refractivity contribution in [3.8, 4) is 0 Å². The van der Waals surface area contributed by atoms with Crippen LogP contribution in [0, 0.1) is 12.7 Å². The molecule has 0 bridgehead atoms. The number of aryl methyl sites for hydroxylation is 1. The second kappa shape index (κ2) is 9.37. The Labute approximate surface area is 196 Å². The van der Waals surface area contributed by atoms with E-state index in [0.29, 0.717) is 72.3 Å². The van der Waals surface area contributed by atoms with E-state index in [9.17, 15) is 9.18 Å². The topological polar surface area (TPSA) is 74.1 Å². The molecule has 1 atom stereocenters. The van der Waals surface area contributed by atoms with Crippen LogP contribution in [0.4, 0.5) is 20.6 Å². The molecule has 0 spiro atoms. The highest BCUT2D eigenvalue weighted by molar-refractivity contribution is 7.80. The van der Waals surface area contributed by atoms with E-state index in [0.717, 1.165) is 0 Å². The number of benzene rings is 1. The lowest BCUT2D eigenvalue weighted by Crippen LogP contribution is -2.48. The maximum atomic E-state index is 15.0. The molecule has 8 nitrogen and oxygen atoms in total. The zero-order valence-corrected chi connectivity index (χ0v) is 19.5. The first-order chi connectivity index (χ1) is 15.3. The summed E-state index contributed by atoms with van der Waals surface area (Å²) in [5.41, 5.74) is 0.963. The van der Waals surface area contributed by atoms with E-state index in [4.69, 9.17) is 33.6 Å². The fraction of sp³-hybridized carbons (Fsp3) is 0.429. The summed E-state index contributed by atoms with van der Waals surface area (Å²) >= 11 is 10.5. The van der Waals surface area contributed by atoms with Gasteiger partial charge in [-0.15, -0.1) is 0 Å². The van der Waals surface area contributed by atoms with Gasteiger partial charge in [-0.1, -0.05) is 24.4 Å². The zero-order valence-electron chi connectivity index (χ0n) is 17.8. The van der Waals surface area contributed by atoms with Gasteiger partial charge < -0.3 is 24.3 Å². The Bertz CT molecular complexity index is 1040. The molecule has 1 aromatic heterocycles. The number of hydrogen-bond acceptors (Lipinski definition) is 7. The van der Waals surface area contributed by atoms with Gasteiger partial charge in [0.25, 0.3) is 5.89 Å². The predicted octanol–water partition coefficient (Wildman–Crippen LogP) is 2.88. The van der Waals surface area contributed by atoms with E-state index in [2.05, 4.69) is 10.3 Å². The number of cyclic esters (lactones) is 1. The predicted molar refractivity (Wildman–Crippen MR) is 127 cm³/mol. The molecule has 2 fully saturated rings. The summed E-state index contributed by atoms with van der Waals surface area (Å²) in [5, 5.41) is 2.99. The number of thiocarbonyl (C=S) groups is 2. The van der Waals surface area contributed by atoms with E-state index >= 15 is 0 Å². The first-order valence-corrected chi connectivity index (χ1v) is 11.1. The van der Waals surface area contributed by atoms with Gasteiger partial charge in [0.05, 0.1) is 35.6 Å². The number of aromatic nitrogens is 1. The molecule has 170 valence electrons. The van der Waals surface area contributed by atoms with Crippen LogP contribution in [-0.2, 0) is 4.74 Å². The third kappa shape index (κ3) is 4.83. The Balaban J connectivity index is 1.37. The number of piperazine rings is 1. The maximum Gasteiger partial charge on any atom is 0.414 e. The molecule has 2 aliphatic rings. The Morgan fingerprint density at radius 3 is 2.66 bits per heavy atom. The molecule has 0 radical (unpaired) electrons. The molecule has 11 heteroatoms. The molecule has 1 N–H and O–H groups in total. The molecular weight excluding hydrogens is 453 g/mol. The van der Waals surface area contributed by atoms with E-state index in [-0.39, 0.29) is 11.9 Å². The number of nitrogens with zero attached hydrogens (tertiary/aromatic N) is 4. The SMILES string of the molecule is CC(=S)NC[C@H]1CN(c2ccc(N3CCN(C(=S)c4ncc(C)o4)CC3)c(F)c2)C(=O)O1.